The molecule has 9 rings (SSSR count). The third-order valence-electron chi connectivity index (χ3n) is 12.3. The van der Waals surface area contributed by atoms with Crippen LogP contribution in [0.5, 0.6) is 0 Å². The van der Waals surface area contributed by atoms with Gasteiger partial charge in [0.15, 0.2) is 0 Å². The van der Waals surface area contributed by atoms with Crippen LogP contribution in [0.25, 0.3) is 63.4 Å². The maximum Gasteiger partial charge on any atom is 0.410 e. The normalized spacial score (nSPS) is 12.1. The predicted molar refractivity (Wildman–Crippen MR) is 312 cm³/mol. The summed E-state index contributed by atoms with van der Waals surface area (Å²) in [7, 11) is 3.52. The number of carboxylic acid groups (broad SMARTS) is 1. The molecular weight excluding hydrogens is 999 g/mol. The van der Waals surface area contributed by atoms with E-state index in [9.17, 15) is 19.2 Å². The molecule has 3 aromatic carbocycles. The first-order valence-corrected chi connectivity index (χ1v) is 27.4. The Bertz CT molecular complexity index is 3590. The molecule has 0 radical (unpaired) electrons. The Kier molecular flexibility index (Phi) is 16.7. The van der Waals surface area contributed by atoms with Gasteiger partial charge in [0.2, 0.25) is 0 Å². The highest BCUT2D eigenvalue weighted by Crippen LogP contribution is 2.34. The van der Waals surface area contributed by atoms with E-state index in [1.165, 1.54) is 55.6 Å². The topological polar surface area (TPSA) is 176 Å². The number of benzene rings is 3. The number of rotatable bonds is 9. The van der Waals surface area contributed by atoms with Crippen molar-refractivity contribution in [2.75, 3.05) is 40.3 Å². The molecule has 0 saturated carbocycles. The molecule has 4 N–H and O–H groups in total. The number of aromatic carboxylic acids is 1. The molecule has 0 aliphatic heterocycles. The number of nitrogens with zero attached hydrogens (tertiary/aromatic N) is 4. The molecule has 0 bridgehead atoms. The van der Waals surface area contributed by atoms with E-state index in [1.807, 2.05) is 58.2 Å². The Morgan fingerprint density at radius 1 is 0.507 bits per heavy atom. The number of nitrogens with one attached hydrogen (secondary N) is 3. The number of carboxylic acids is 1. The van der Waals surface area contributed by atoms with Gasteiger partial charge in [-0.1, -0.05) is 80.5 Å². The van der Waals surface area contributed by atoms with Crippen molar-refractivity contribution in [2.45, 2.75) is 105 Å². The van der Waals surface area contributed by atoms with Crippen molar-refractivity contribution in [1.29, 1.82) is 0 Å². The minimum Gasteiger partial charge on any atom is -0.477 e. The van der Waals surface area contributed by atoms with Crippen molar-refractivity contribution >= 4 is 121 Å². The third-order valence-corrected chi connectivity index (χ3v) is 15.4. The second-order valence-electron chi connectivity index (χ2n) is 22.8. The van der Waals surface area contributed by atoms with Crippen molar-refractivity contribution < 1.29 is 29.0 Å². The Morgan fingerprint density at radius 2 is 0.867 bits per heavy atom. The summed E-state index contributed by atoms with van der Waals surface area (Å²) in [5.41, 5.74) is 6.31. The zero-order chi connectivity index (χ0) is 54.8. The monoisotopic (exact) mass is 1070 g/mol. The lowest BCUT2D eigenvalue weighted by Crippen LogP contribution is -2.39. The van der Waals surface area contributed by atoms with Crippen LogP contribution in [0.15, 0.2) is 91.0 Å². The van der Waals surface area contributed by atoms with Crippen LogP contribution in [0.4, 0.5) is 4.79 Å². The van der Waals surface area contributed by atoms with Gasteiger partial charge in [-0.15, -0.1) is 34.0 Å². The van der Waals surface area contributed by atoms with E-state index in [0.717, 1.165) is 69.9 Å². The molecule has 6 heterocycles. The molecule has 6 aromatic heterocycles. The zero-order valence-electron chi connectivity index (χ0n) is 45.5. The van der Waals surface area contributed by atoms with E-state index in [-0.39, 0.29) is 28.1 Å². The lowest BCUT2D eigenvalue weighted by Gasteiger charge is -2.24. The lowest BCUT2D eigenvalue weighted by molar-refractivity contribution is 0.0298. The summed E-state index contributed by atoms with van der Waals surface area (Å²) in [6.45, 7) is 27.3. The fourth-order valence-electron chi connectivity index (χ4n) is 7.88. The van der Waals surface area contributed by atoms with Crippen molar-refractivity contribution in [2.24, 2.45) is 0 Å². The number of amides is 3. The first-order valence-electron chi connectivity index (χ1n) is 25.0. The van der Waals surface area contributed by atoms with Crippen LogP contribution in [-0.4, -0.2) is 94.7 Å². The molecule has 394 valence electrons. The van der Waals surface area contributed by atoms with Gasteiger partial charge in [-0.05, 0) is 134 Å². The van der Waals surface area contributed by atoms with Crippen molar-refractivity contribution in [3.63, 3.8) is 0 Å². The van der Waals surface area contributed by atoms with Crippen LogP contribution in [0.2, 0.25) is 0 Å². The summed E-state index contributed by atoms with van der Waals surface area (Å²) >= 11 is 4.04. The van der Waals surface area contributed by atoms with E-state index in [0.29, 0.717) is 34.3 Å². The van der Waals surface area contributed by atoms with Crippen molar-refractivity contribution in [3.8, 4) is 0 Å². The summed E-state index contributed by atoms with van der Waals surface area (Å²) in [6, 6.07) is 30.7. The van der Waals surface area contributed by atoms with Gasteiger partial charge in [0.05, 0.1) is 26.3 Å². The summed E-state index contributed by atoms with van der Waals surface area (Å²) in [5.74, 6) is -1.10. The molecule has 0 saturated heterocycles. The van der Waals surface area contributed by atoms with Crippen LogP contribution >= 0.6 is 34.0 Å². The standard InChI is InChI=1S/C24H31N3O3S.C19H23N3OS.C16H15NO2S/c1-23(2,3)17-8-9-18-15(13-17)12-16-14-19(31-21(16)26-18)20(28)25-10-11-27(7)22(29)30-24(4,5)6;1-19(2,3)14-5-6-15-12(10-14)9-13-11-16(24-18(13)22-15)17(23)21-8-7-20-4;1-16(2,3)11-4-5-12-9(7-11)6-10-8-13(15(18)19)20-14(10)17-12/h8-9,12-14H,10-11H2,1-7H3,(H,25,28);5-6,9-11,20H,7-8H2,1-4H3,(H,21,23);4-8H,1-3H3,(H,18,19). The van der Waals surface area contributed by atoms with Gasteiger partial charge >= 0.3 is 12.1 Å². The largest absolute Gasteiger partial charge is 0.477 e. The summed E-state index contributed by atoms with van der Waals surface area (Å²) in [4.78, 5) is 67.5. The SMILES string of the molecule is CC(C)(C)c1ccc2nc3sc(C(=O)O)cc3cc2c1.CN(CCNC(=O)c1cc2cc3cc(C(C)(C)C)ccc3nc2s1)C(=O)OC(C)(C)C.CNCCNC(=O)c1cc2cc3cc(C(C)(C)C)ccc3nc2s1. The van der Waals surface area contributed by atoms with Crippen LogP contribution in [0.3, 0.4) is 0 Å². The molecule has 13 nitrogen and oxygen atoms in total. The van der Waals surface area contributed by atoms with Crippen LogP contribution in [-0.2, 0) is 21.0 Å². The zero-order valence-corrected chi connectivity index (χ0v) is 47.9. The summed E-state index contributed by atoms with van der Waals surface area (Å²) in [5, 5.41) is 24.0. The number of hydrogen-bond donors (Lipinski definition) is 4. The number of aromatic nitrogens is 3. The lowest BCUT2D eigenvalue weighted by atomic mass is 9.86. The molecule has 75 heavy (non-hydrogen) atoms. The van der Waals surface area contributed by atoms with Crippen molar-refractivity contribution in [1.82, 2.24) is 35.8 Å². The number of carbonyl (C=O) groups excluding carboxylic acids is 3. The Hall–Kier alpha value is -6.59. The van der Waals surface area contributed by atoms with Gasteiger partial charge in [0.1, 0.15) is 25.0 Å². The number of ether oxygens (including phenoxy) is 1. The Morgan fingerprint density at radius 3 is 1.21 bits per heavy atom. The second-order valence-corrected chi connectivity index (χ2v) is 25.9. The highest BCUT2D eigenvalue weighted by Gasteiger charge is 2.22. The number of pyridine rings is 3. The van der Waals surface area contributed by atoms with Crippen molar-refractivity contribution in [3.05, 3.63) is 122 Å². The highest BCUT2D eigenvalue weighted by atomic mass is 32.1. The average molecular weight is 1070 g/mol. The number of hydrogen-bond acceptors (Lipinski definition) is 12. The molecule has 16 heteroatoms. The van der Waals surface area contributed by atoms with Crippen LogP contribution in [0, 0.1) is 0 Å². The molecule has 0 aliphatic carbocycles. The number of fused-ring (bicyclic) bond motifs is 6. The van der Waals surface area contributed by atoms with Crippen LogP contribution in [0.1, 0.15) is 129 Å². The third kappa shape index (κ3) is 14.2. The minimum absolute atomic E-state index is 0.0345. The van der Waals surface area contributed by atoms with Crippen LogP contribution < -0.4 is 16.0 Å². The van der Waals surface area contributed by atoms with E-state index >= 15 is 0 Å². The van der Waals surface area contributed by atoms with Gasteiger partial charge in [-0.2, -0.15) is 0 Å². The quantitative estimate of drug-likeness (QED) is 0.102. The molecule has 3 amide bonds. The minimum atomic E-state index is -0.896. The number of carbonyl (C=O) groups is 4. The van der Waals surface area contributed by atoms with Gasteiger partial charge in [0.25, 0.3) is 11.8 Å². The molecular formula is C59H69N7O6S3. The molecule has 0 aliphatic rings. The first kappa shape index (κ1) is 56.1. The van der Waals surface area contributed by atoms with E-state index in [4.69, 9.17) is 19.8 Å². The fraction of sp³-hybridized carbons (Fsp3) is 0.373. The summed E-state index contributed by atoms with van der Waals surface area (Å²) < 4.78 is 5.32. The van der Waals surface area contributed by atoms with E-state index in [2.05, 4.69) is 138 Å². The van der Waals surface area contributed by atoms with Gasteiger partial charge in [-0.3, -0.25) is 9.59 Å². The smallest absolute Gasteiger partial charge is 0.410 e. The second kappa shape index (κ2) is 22.3. The molecule has 0 fully saturated rings. The maximum atomic E-state index is 12.6. The molecule has 0 atom stereocenters. The summed E-state index contributed by atoms with van der Waals surface area (Å²) in [6.07, 6.45) is -0.408. The maximum absolute atomic E-state index is 12.6. The van der Waals surface area contributed by atoms with E-state index < -0.39 is 17.7 Å². The molecule has 0 unspecified atom stereocenters. The molecule has 9 aromatic rings. The predicted octanol–water partition coefficient (Wildman–Crippen LogP) is 13.5. The Labute approximate surface area is 451 Å². The fourth-order valence-corrected chi connectivity index (χ4v) is 10.6. The average Bonchev–Trinajstić information content (AvgIpc) is 4.07. The highest BCUT2D eigenvalue weighted by molar-refractivity contribution is 7.21. The van der Waals surface area contributed by atoms with Gasteiger partial charge in [0, 0.05) is 65.5 Å². The number of thiophene rings is 3. The van der Waals surface area contributed by atoms with E-state index in [1.54, 1.807) is 13.1 Å². The van der Waals surface area contributed by atoms with Gasteiger partial charge < -0.3 is 30.7 Å². The molecule has 0 spiro atoms. The number of likely N-dealkylation sites (N-methyl/N-ethyl adjacent to an activating group) is 2. The first-order chi connectivity index (χ1) is 35.1. The van der Waals surface area contributed by atoms with Gasteiger partial charge in [-0.25, -0.2) is 24.5 Å². The Balaban J connectivity index is 0.000000168.